The van der Waals surface area contributed by atoms with Crippen LogP contribution in [0.5, 0.6) is 0 Å². The Morgan fingerprint density at radius 3 is 2.34 bits per heavy atom. The van der Waals surface area contributed by atoms with Crippen LogP contribution in [0, 0.1) is 5.92 Å². The number of hydrogen-bond acceptors (Lipinski definition) is 11. The molecule has 18 heteroatoms. The van der Waals surface area contributed by atoms with E-state index in [1.165, 1.54) is 0 Å². The number of carboxylic acids is 1. The quantitative estimate of drug-likeness (QED) is 0.143. The zero-order chi connectivity index (χ0) is 32.8. The van der Waals surface area contributed by atoms with Gasteiger partial charge in [-0.3, -0.25) is 29.1 Å². The number of carboxylic acid groups (broad SMARTS) is 1. The number of amides is 2. The highest BCUT2D eigenvalue weighted by Crippen LogP contribution is 2.26. The summed E-state index contributed by atoms with van der Waals surface area (Å²) >= 11 is 0. The van der Waals surface area contributed by atoms with Gasteiger partial charge in [-0.15, -0.1) is 0 Å². The summed E-state index contributed by atoms with van der Waals surface area (Å²) in [7, 11) is 1.05. The number of hydrogen-bond donors (Lipinski definition) is 5. The molecule has 15 nitrogen and oxygen atoms in total. The monoisotopic (exact) mass is 623 g/mol. The van der Waals surface area contributed by atoms with Crippen molar-refractivity contribution in [2.45, 2.75) is 51.7 Å². The second kappa shape index (κ2) is 13.9. The first-order valence-corrected chi connectivity index (χ1v) is 12.9. The lowest BCUT2D eigenvalue weighted by atomic mass is 10.1. The average molecular weight is 624 g/mol. The largest absolute Gasteiger partial charge is 0.481 e. The molecule has 2 atom stereocenters. The van der Waals surface area contributed by atoms with E-state index in [-0.39, 0.29) is 46.4 Å². The maximum Gasteiger partial charge on any atom is 0.471 e. The number of aliphatic carboxylic acids is 1. The van der Waals surface area contributed by atoms with Crippen molar-refractivity contribution in [2.24, 2.45) is 5.92 Å². The van der Waals surface area contributed by atoms with E-state index in [2.05, 4.69) is 35.3 Å². The summed E-state index contributed by atoms with van der Waals surface area (Å²) in [6, 6.07) is 2.97. The number of nitrogens with one attached hydrogen (secondary N) is 3. The van der Waals surface area contributed by atoms with Crippen molar-refractivity contribution >= 4 is 46.6 Å². The predicted molar refractivity (Wildman–Crippen MR) is 146 cm³/mol. The number of H-pyrrole nitrogens is 1. The maximum atomic E-state index is 13.5. The van der Waals surface area contributed by atoms with Crippen LogP contribution < -0.4 is 21.1 Å². The van der Waals surface area contributed by atoms with E-state index in [0.29, 0.717) is 4.90 Å². The molecule has 0 radical (unpaired) electrons. The van der Waals surface area contributed by atoms with Gasteiger partial charge in [0, 0.05) is 17.7 Å². The standard InChI is InChI=1S/C26H28F3N7O8/c1-12(2)20(39)34-25-33-19-18(22(41)35-25)31-14(10-30-19)11-36(24(43)26(27,28)29)15-6-4-13(5-7-15)21(40)32-16(23(42)44-3)8-9-17(37)38/h4-7,10,12,16,20,39H,8-9,11H2,1-3H3,(H,32,40)(H,37,38)(H2,30,33,34,35,41)/t16-,20?/m0/s1. The van der Waals surface area contributed by atoms with E-state index in [0.717, 1.165) is 37.6 Å². The van der Waals surface area contributed by atoms with Crippen molar-refractivity contribution in [1.82, 2.24) is 25.3 Å². The highest BCUT2D eigenvalue weighted by molar-refractivity contribution is 5.99. The third-order valence-electron chi connectivity index (χ3n) is 6.07. The number of aromatic nitrogens is 4. The highest BCUT2D eigenvalue weighted by Gasteiger charge is 2.43. The number of aliphatic hydroxyl groups is 1. The van der Waals surface area contributed by atoms with E-state index in [1.54, 1.807) is 13.8 Å². The second-order valence-electron chi connectivity index (χ2n) is 9.70. The number of benzene rings is 1. The lowest BCUT2D eigenvalue weighted by Crippen LogP contribution is -2.42. The zero-order valence-corrected chi connectivity index (χ0v) is 23.5. The van der Waals surface area contributed by atoms with E-state index >= 15 is 0 Å². The van der Waals surface area contributed by atoms with Gasteiger partial charge in [-0.05, 0) is 36.6 Å². The number of aliphatic hydroxyl groups excluding tert-OH is 1. The van der Waals surface area contributed by atoms with Gasteiger partial charge in [0.05, 0.1) is 25.5 Å². The molecular formula is C26H28F3N7O8. The van der Waals surface area contributed by atoms with Crippen LogP contribution in [-0.2, 0) is 25.7 Å². The topological polar surface area (TPSA) is 217 Å². The van der Waals surface area contributed by atoms with Gasteiger partial charge in [0.25, 0.3) is 11.5 Å². The number of nitrogens with zero attached hydrogens (tertiary/aromatic N) is 4. The number of esters is 1. The molecule has 0 saturated carbocycles. The first-order valence-electron chi connectivity index (χ1n) is 12.9. The minimum absolute atomic E-state index is 0.108. The van der Waals surface area contributed by atoms with Gasteiger partial charge in [-0.1, -0.05) is 13.8 Å². The molecule has 3 aromatic rings. The fourth-order valence-electron chi connectivity index (χ4n) is 3.69. The number of aromatic amines is 1. The summed E-state index contributed by atoms with van der Waals surface area (Å²) in [6.45, 7) is 2.65. The minimum Gasteiger partial charge on any atom is -0.481 e. The van der Waals surface area contributed by atoms with Gasteiger partial charge < -0.3 is 25.6 Å². The third-order valence-corrected chi connectivity index (χ3v) is 6.07. The van der Waals surface area contributed by atoms with Crippen LogP contribution >= 0.6 is 0 Å². The fourth-order valence-corrected chi connectivity index (χ4v) is 3.69. The summed E-state index contributed by atoms with van der Waals surface area (Å²) in [5, 5.41) is 23.7. The van der Waals surface area contributed by atoms with Crippen LogP contribution in [0.1, 0.15) is 42.7 Å². The molecule has 0 spiro atoms. The molecule has 2 heterocycles. The van der Waals surface area contributed by atoms with Gasteiger partial charge in [0.1, 0.15) is 12.3 Å². The van der Waals surface area contributed by atoms with Crippen molar-refractivity contribution in [1.29, 1.82) is 0 Å². The van der Waals surface area contributed by atoms with Gasteiger partial charge in [-0.25, -0.2) is 14.8 Å². The molecule has 2 amide bonds. The number of rotatable bonds is 12. The molecule has 0 bridgehead atoms. The van der Waals surface area contributed by atoms with Gasteiger partial charge in [0.2, 0.25) is 5.95 Å². The number of anilines is 2. The Morgan fingerprint density at radius 1 is 1.11 bits per heavy atom. The molecule has 1 aromatic carbocycles. The lowest BCUT2D eigenvalue weighted by molar-refractivity contribution is -0.170. The molecule has 0 aliphatic heterocycles. The Labute approximate surface area is 246 Å². The van der Waals surface area contributed by atoms with Crippen molar-refractivity contribution in [3.05, 3.63) is 52.1 Å². The van der Waals surface area contributed by atoms with Crippen LogP contribution in [0.15, 0.2) is 35.3 Å². The SMILES string of the molecule is COC(=O)[C@H](CCC(=O)O)NC(=O)c1ccc(N(Cc2cnc3nc(NC(O)C(C)C)[nH]c(=O)c3n2)C(=O)C(F)(F)F)cc1. The van der Waals surface area contributed by atoms with Crippen LogP contribution in [0.2, 0.25) is 0 Å². The Balaban J connectivity index is 1.88. The van der Waals surface area contributed by atoms with Crippen molar-refractivity contribution in [3.8, 4) is 0 Å². The highest BCUT2D eigenvalue weighted by atomic mass is 19.4. The van der Waals surface area contributed by atoms with Crippen LogP contribution in [-0.4, -0.2) is 79.5 Å². The smallest absolute Gasteiger partial charge is 0.471 e. The Bertz CT molecular complexity index is 1600. The molecule has 236 valence electrons. The molecule has 0 aliphatic carbocycles. The maximum absolute atomic E-state index is 13.5. The van der Waals surface area contributed by atoms with E-state index in [9.17, 15) is 42.3 Å². The van der Waals surface area contributed by atoms with E-state index in [1.807, 2.05) is 0 Å². The summed E-state index contributed by atoms with van der Waals surface area (Å²) in [5.74, 6) is -5.58. The lowest BCUT2D eigenvalue weighted by Gasteiger charge is -2.24. The number of carbonyl (C=O) groups excluding carboxylic acids is 3. The molecule has 0 fully saturated rings. The van der Waals surface area contributed by atoms with Crippen molar-refractivity contribution in [2.75, 3.05) is 17.3 Å². The summed E-state index contributed by atoms with van der Waals surface area (Å²) in [6.07, 6.45) is -6.06. The van der Waals surface area contributed by atoms with Crippen LogP contribution in [0.3, 0.4) is 0 Å². The summed E-state index contributed by atoms with van der Waals surface area (Å²) in [4.78, 5) is 75.1. The van der Waals surface area contributed by atoms with E-state index < -0.39 is 60.7 Å². The molecule has 1 unspecified atom stereocenters. The molecule has 5 N–H and O–H groups in total. The Hall–Kier alpha value is -5.13. The zero-order valence-electron chi connectivity index (χ0n) is 23.5. The Kier molecular flexibility index (Phi) is 10.5. The Morgan fingerprint density at radius 2 is 1.77 bits per heavy atom. The van der Waals surface area contributed by atoms with E-state index in [4.69, 9.17) is 5.11 Å². The predicted octanol–water partition coefficient (Wildman–Crippen LogP) is 1.33. The van der Waals surface area contributed by atoms with Crippen LogP contribution in [0.25, 0.3) is 11.2 Å². The third kappa shape index (κ3) is 8.46. The molecule has 44 heavy (non-hydrogen) atoms. The summed E-state index contributed by atoms with van der Waals surface area (Å²) < 4.78 is 45.2. The molecule has 3 rings (SSSR count). The number of ether oxygens (including phenoxy) is 1. The normalized spacial score (nSPS) is 12.8. The van der Waals surface area contributed by atoms with Gasteiger partial charge in [0.15, 0.2) is 11.2 Å². The number of alkyl halides is 3. The molecule has 2 aromatic heterocycles. The molecule has 0 aliphatic rings. The molecule has 0 saturated heterocycles. The molecular weight excluding hydrogens is 595 g/mol. The average Bonchev–Trinajstić information content (AvgIpc) is 2.96. The number of methoxy groups -OCH3 is 1. The first-order chi connectivity index (χ1) is 20.6. The minimum atomic E-state index is -5.31. The van der Waals surface area contributed by atoms with Crippen molar-refractivity contribution in [3.63, 3.8) is 0 Å². The summed E-state index contributed by atoms with van der Waals surface area (Å²) in [5.41, 5.74) is -1.93. The van der Waals surface area contributed by atoms with Gasteiger partial charge >= 0.3 is 24.0 Å². The number of fused-ring (bicyclic) bond motifs is 1. The number of carbonyl (C=O) groups is 4. The fraction of sp³-hybridized carbons (Fsp3) is 0.385. The van der Waals surface area contributed by atoms with Gasteiger partial charge in [-0.2, -0.15) is 18.2 Å². The first kappa shape index (κ1) is 33.4. The van der Waals surface area contributed by atoms with Crippen molar-refractivity contribution < 1.29 is 47.3 Å². The number of halogens is 3. The second-order valence-corrected chi connectivity index (χ2v) is 9.70. The van der Waals surface area contributed by atoms with Crippen LogP contribution in [0.4, 0.5) is 24.8 Å².